The van der Waals surface area contributed by atoms with Gasteiger partial charge in [-0.15, -0.1) is 0 Å². The number of halogens is 1. The van der Waals surface area contributed by atoms with Crippen molar-refractivity contribution in [2.45, 2.75) is 43.6 Å². The fraction of sp³-hybridized carbons (Fsp3) is 0.387. The molecule has 4 aliphatic rings. The van der Waals surface area contributed by atoms with Crippen LogP contribution in [0.1, 0.15) is 52.0 Å². The second-order valence-corrected chi connectivity index (χ2v) is 12.3. The number of piperazine rings is 1. The normalized spacial score (nSPS) is 24.8. The molecule has 4 aromatic rings. The highest BCUT2D eigenvalue weighted by atomic mass is 35.5. The minimum Gasteiger partial charge on any atom is -0.322 e. The van der Waals surface area contributed by atoms with E-state index in [0.29, 0.717) is 10.6 Å². The fourth-order valence-electron chi connectivity index (χ4n) is 7.07. The van der Waals surface area contributed by atoms with E-state index in [-0.39, 0.29) is 16.7 Å². The number of aromatic nitrogens is 3. The molecule has 3 saturated carbocycles. The van der Waals surface area contributed by atoms with Crippen molar-refractivity contribution in [1.29, 1.82) is 0 Å². The second kappa shape index (κ2) is 9.15. The van der Waals surface area contributed by atoms with E-state index in [9.17, 15) is 4.79 Å². The van der Waals surface area contributed by atoms with E-state index in [4.69, 9.17) is 11.6 Å². The zero-order valence-corrected chi connectivity index (χ0v) is 23.2. The third-order valence-electron chi connectivity index (χ3n) is 9.22. The molecule has 0 spiro atoms. The van der Waals surface area contributed by atoms with E-state index in [1.807, 2.05) is 53.3 Å². The molecule has 0 radical (unpaired) electrons. The van der Waals surface area contributed by atoms with E-state index in [1.54, 1.807) is 0 Å². The van der Waals surface area contributed by atoms with E-state index in [0.717, 1.165) is 68.9 Å². The lowest BCUT2D eigenvalue weighted by atomic mass is 9.32. The number of benzene rings is 2. The monoisotopic (exact) mass is 540 g/mol. The quantitative estimate of drug-likeness (QED) is 0.370. The predicted octanol–water partition coefficient (Wildman–Crippen LogP) is 5.06. The van der Waals surface area contributed by atoms with Gasteiger partial charge in [0.25, 0.3) is 5.91 Å². The number of imidazole rings is 1. The van der Waals surface area contributed by atoms with Crippen LogP contribution in [-0.4, -0.2) is 63.5 Å². The number of rotatable bonds is 6. The van der Waals surface area contributed by atoms with Gasteiger partial charge in [-0.25, -0.2) is 9.50 Å². The van der Waals surface area contributed by atoms with Gasteiger partial charge < -0.3 is 10.2 Å². The molecule has 3 aliphatic carbocycles. The van der Waals surface area contributed by atoms with Crippen LogP contribution in [0.5, 0.6) is 0 Å². The summed E-state index contributed by atoms with van der Waals surface area (Å²) in [6, 6.07) is 15.9. The summed E-state index contributed by atoms with van der Waals surface area (Å²) in [5.41, 5.74) is 7.41. The molecular weight excluding hydrogens is 508 g/mol. The summed E-state index contributed by atoms with van der Waals surface area (Å²) < 4.78 is 1.99. The first-order valence-corrected chi connectivity index (χ1v) is 14.1. The Morgan fingerprint density at radius 3 is 2.59 bits per heavy atom. The van der Waals surface area contributed by atoms with Gasteiger partial charge in [-0.1, -0.05) is 23.7 Å². The van der Waals surface area contributed by atoms with Gasteiger partial charge in [0.1, 0.15) is 0 Å². The Morgan fingerprint density at radius 1 is 1.03 bits per heavy atom. The van der Waals surface area contributed by atoms with Crippen LogP contribution in [0.3, 0.4) is 0 Å². The lowest BCUT2D eigenvalue weighted by Crippen LogP contribution is -2.67. The average Bonchev–Trinajstić information content (AvgIpc) is 3.30. The minimum absolute atomic E-state index is 0.105. The number of likely N-dealkylation sites (N-methyl/N-ethyl adjacent to an activating group) is 1. The van der Waals surface area contributed by atoms with Crippen LogP contribution in [-0.2, 0) is 17.4 Å². The fourth-order valence-corrected chi connectivity index (χ4v) is 7.31. The number of amides is 1. The van der Waals surface area contributed by atoms with Crippen molar-refractivity contribution in [3.05, 3.63) is 93.9 Å². The van der Waals surface area contributed by atoms with Crippen LogP contribution < -0.4 is 5.32 Å². The van der Waals surface area contributed by atoms with E-state index in [1.165, 1.54) is 16.8 Å². The second-order valence-electron chi connectivity index (χ2n) is 11.9. The summed E-state index contributed by atoms with van der Waals surface area (Å²) in [7, 11) is 2.16. The summed E-state index contributed by atoms with van der Waals surface area (Å²) in [5.74, 6) is -0.105. The molecule has 1 N–H and O–H groups in total. The first-order valence-electron chi connectivity index (χ1n) is 13.8. The third-order valence-corrected chi connectivity index (χ3v) is 9.58. The maximum Gasteiger partial charge on any atom is 0.255 e. The molecule has 2 bridgehead atoms. The maximum absolute atomic E-state index is 13.3. The van der Waals surface area contributed by atoms with Crippen LogP contribution in [0, 0.1) is 6.92 Å². The Bertz CT molecular complexity index is 1570. The number of fused-ring (bicyclic) bond motifs is 1. The van der Waals surface area contributed by atoms with Crippen LogP contribution in [0.4, 0.5) is 5.69 Å². The Morgan fingerprint density at radius 2 is 1.82 bits per heavy atom. The number of carbonyl (C=O) groups is 1. The number of hydrogen-bond acceptors (Lipinski definition) is 5. The predicted molar refractivity (Wildman–Crippen MR) is 154 cm³/mol. The zero-order valence-electron chi connectivity index (χ0n) is 22.5. The highest BCUT2D eigenvalue weighted by Gasteiger charge is 2.70. The van der Waals surface area contributed by atoms with Crippen molar-refractivity contribution >= 4 is 28.8 Å². The number of aryl methyl sites for hydroxylation is 1. The molecule has 1 amide bonds. The molecule has 1 saturated heterocycles. The molecular formula is C31H33ClN6O. The number of nitrogens with one attached hydrogen (secondary N) is 1. The zero-order chi connectivity index (χ0) is 26.8. The van der Waals surface area contributed by atoms with Gasteiger partial charge in [0.2, 0.25) is 0 Å². The smallest absolute Gasteiger partial charge is 0.255 e. The van der Waals surface area contributed by atoms with Gasteiger partial charge in [0.05, 0.1) is 11.9 Å². The van der Waals surface area contributed by atoms with Crippen LogP contribution in [0.25, 0.3) is 5.65 Å². The first-order chi connectivity index (χ1) is 18.8. The van der Waals surface area contributed by atoms with Crippen molar-refractivity contribution in [3.63, 3.8) is 0 Å². The minimum atomic E-state index is -0.105. The summed E-state index contributed by atoms with van der Waals surface area (Å²) >= 11 is 6.64. The van der Waals surface area contributed by atoms with Crippen molar-refractivity contribution in [3.8, 4) is 0 Å². The summed E-state index contributed by atoms with van der Waals surface area (Å²) in [4.78, 5) is 22.6. The number of nitrogens with zero attached hydrogens (tertiary/aromatic N) is 5. The van der Waals surface area contributed by atoms with E-state index >= 15 is 0 Å². The molecule has 2 aromatic carbocycles. The summed E-state index contributed by atoms with van der Waals surface area (Å²) in [6.07, 6.45) is 7.02. The SMILES string of the molecule is Cc1ccc(C(=O)Nc2ccc(CN3CCN(C)CC3)c(Cl)c2)cc1C12CC(c3cnc4cccnn34)(C1)C2. The molecule has 8 rings (SSSR count). The van der Waals surface area contributed by atoms with Crippen molar-refractivity contribution < 1.29 is 4.79 Å². The molecule has 2 aromatic heterocycles. The van der Waals surface area contributed by atoms with Crippen LogP contribution >= 0.6 is 11.6 Å². The maximum atomic E-state index is 13.3. The number of anilines is 1. The Balaban J connectivity index is 1.04. The molecule has 1 aliphatic heterocycles. The highest BCUT2D eigenvalue weighted by Crippen LogP contribution is 2.74. The molecule has 8 heteroatoms. The highest BCUT2D eigenvalue weighted by molar-refractivity contribution is 6.31. The Hall–Kier alpha value is -3.26. The average molecular weight is 541 g/mol. The van der Waals surface area contributed by atoms with Gasteiger partial charge in [-0.3, -0.25) is 9.69 Å². The Kier molecular flexibility index (Phi) is 5.81. The van der Waals surface area contributed by atoms with Crippen molar-refractivity contribution in [2.24, 2.45) is 0 Å². The third kappa shape index (κ3) is 4.15. The molecule has 3 heterocycles. The largest absolute Gasteiger partial charge is 0.322 e. The lowest BCUT2D eigenvalue weighted by Gasteiger charge is -2.71. The van der Waals surface area contributed by atoms with Crippen LogP contribution in [0.15, 0.2) is 60.9 Å². The summed E-state index contributed by atoms with van der Waals surface area (Å²) in [5, 5.41) is 8.30. The van der Waals surface area contributed by atoms with Gasteiger partial charge in [-0.2, -0.15) is 5.10 Å². The standard InChI is InChI=1S/C31H33ClN6O/c1-21-5-6-22(29(39)35-24-8-7-23(26(32)15-24)17-37-12-10-36(2)11-13-37)14-25(21)30-18-31(19-30,20-30)27-16-33-28-4-3-9-34-38(27)28/h3-9,14-16H,10-13,17-20H2,1-2H3,(H,35,39). The van der Waals surface area contributed by atoms with Crippen LogP contribution in [0.2, 0.25) is 5.02 Å². The number of hydrogen-bond donors (Lipinski definition) is 1. The molecule has 200 valence electrons. The van der Waals surface area contributed by atoms with E-state index < -0.39 is 0 Å². The molecule has 0 unspecified atom stereocenters. The van der Waals surface area contributed by atoms with Gasteiger partial charge in [0.15, 0.2) is 5.65 Å². The molecule has 7 nitrogen and oxygen atoms in total. The molecule has 4 fully saturated rings. The molecule has 0 atom stereocenters. The topological polar surface area (TPSA) is 65.8 Å². The number of carbonyl (C=O) groups excluding carboxylic acids is 1. The lowest BCUT2D eigenvalue weighted by molar-refractivity contribution is -0.0738. The van der Waals surface area contributed by atoms with Gasteiger partial charge >= 0.3 is 0 Å². The molecule has 39 heavy (non-hydrogen) atoms. The van der Waals surface area contributed by atoms with Crippen molar-refractivity contribution in [1.82, 2.24) is 24.4 Å². The van der Waals surface area contributed by atoms with Gasteiger partial charge in [0, 0.05) is 60.6 Å². The Labute approximate surface area is 233 Å². The first kappa shape index (κ1) is 24.8. The summed E-state index contributed by atoms with van der Waals surface area (Å²) in [6.45, 7) is 7.21. The van der Waals surface area contributed by atoms with E-state index in [2.05, 4.69) is 51.3 Å². The van der Waals surface area contributed by atoms with Gasteiger partial charge in [-0.05, 0) is 91.7 Å². The van der Waals surface area contributed by atoms with Crippen molar-refractivity contribution in [2.75, 3.05) is 38.5 Å².